The maximum Gasteiger partial charge on any atom is 0.109 e. The van der Waals surface area contributed by atoms with Gasteiger partial charge in [-0.25, -0.2) is 4.98 Å². The number of aryl methyl sites for hydroxylation is 2. The summed E-state index contributed by atoms with van der Waals surface area (Å²) in [5, 5.41) is 0. The Morgan fingerprint density at radius 3 is 2.74 bits per heavy atom. The van der Waals surface area contributed by atoms with Crippen LogP contribution in [0, 0.1) is 0 Å². The van der Waals surface area contributed by atoms with Crippen LogP contribution in [0.3, 0.4) is 0 Å². The van der Waals surface area contributed by atoms with Crippen LogP contribution in [0.4, 0.5) is 0 Å². The second-order valence-corrected chi connectivity index (χ2v) is 4.90. The Bertz CT molecular complexity index is 478. The van der Waals surface area contributed by atoms with E-state index in [1.54, 1.807) is 0 Å². The third kappa shape index (κ3) is 4.19. The molecule has 1 heterocycles. The number of benzene rings is 1. The molecule has 3 N–H and O–H groups in total. The van der Waals surface area contributed by atoms with Gasteiger partial charge in [-0.1, -0.05) is 30.3 Å². The van der Waals surface area contributed by atoms with Gasteiger partial charge in [0.25, 0.3) is 0 Å². The minimum Gasteiger partial charge on any atom is -0.338 e. The number of nitrogens with two attached hydrogens (primary N) is 1. The zero-order valence-electron chi connectivity index (χ0n) is 11.4. The van der Waals surface area contributed by atoms with Crippen LogP contribution < -0.4 is 11.3 Å². The van der Waals surface area contributed by atoms with Gasteiger partial charge in [-0.05, 0) is 24.8 Å². The summed E-state index contributed by atoms with van der Waals surface area (Å²) in [5.74, 6) is 6.70. The molecule has 4 nitrogen and oxygen atoms in total. The Morgan fingerprint density at radius 1 is 1.32 bits per heavy atom. The Morgan fingerprint density at radius 2 is 2.11 bits per heavy atom. The van der Waals surface area contributed by atoms with E-state index in [-0.39, 0.29) is 6.04 Å². The molecule has 102 valence electrons. The second kappa shape index (κ2) is 7.07. The molecule has 1 aromatic carbocycles. The fourth-order valence-electron chi connectivity index (χ4n) is 2.26. The maximum atomic E-state index is 5.63. The van der Waals surface area contributed by atoms with Crippen molar-refractivity contribution in [2.75, 3.05) is 0 Å². The molecular weight excluding hydrogens is 236 g/mol. The van der Waals surface area contributed by atoms with E-state index in [0.29, 0.717) is 0 Å². The first kappa shape index (κ1) is 13.8. The molecule has 0 aliphatic heterocycles. The first-order chi connectivity index (χ1) is 9.29. The molecule has 0 saturated heterocycles. The Balaban J connectivity index is 1.78. The molecule has 0 bridgehead atoms. The average Bonchev–Trinajstić information content (AvgIpc) is 2.84. The highest BCUT2D eigenvalue weighted by atomic mass is 15.2. The highest BCUT2D eigenvalue weighted by Gasteiger charge is 2.10. The lowest BCUT2D eigenvalue weighted by Crippen LogP contribution is -2.37. The molecule has 0 saturated carbocycles. The monoisotopic (exact) mass is 258 g/mol. The summed E-state index contributed by atoms with van der Waals surface area (Å²) in [4.78, 5) is 4.34. The van der Waals surface area contributed by atoms with Crippen LogP contribution in [-0.2, 0) is 19.9 Å². The van der Waals surface area contributed by atoms with E-state index in [1.807, 2.05) is 24.0 Å². The molecule has 0 aliphatic carbocycles. The van der Waals surface area contributed by atoms with Crippen molar-refractivity contribution in [1.29, 1.82) is 0 Å². The largest absolute Gasteiger partial charge is 0.338 e. The van der Waals surface area contributed by atoms with E-state index in [4.69, 9.17) is 5.84 Å². The van der Waals surface area contributed by atoms with Gasteiger partial charge in [0, 0.05) is 31.9 Å². The van der Waals surface area contributed by atoms with Crippen LogP contribution in [0.2, 0.25) is 0 Å². The number of nitrogens with one attached hydrogen (secondary N) is 1. The van der Waals surface area contributed by atoms with Crippen LogP contribution in [-0.4, -0.2) is 15.6 Å². The van der Waals surface area contributed by atoms with Gasteiger partial charge in [0.1, 0.15) is 5.82 Å². The Kier molecular flexibility index (Phi) is 5.12. The lowest BCUT2D eigenvalue weighted by atomic mass is 10.0. The Labute approximate surface area is 114 Å². The third-order valence-corrected chi connectivity index (χ3v) is 3.45. The fourth-order valence-corrected chi connectivity index (χ4v) is 2.26. The molecule has 1 aromatic heterocycles. The van der Waals surface area contributed by atoms with Gasteiger partial charge >= 0.3 is 0 Å². The number of rotatable bonds is 7. The van der Waals surface area contributed by atoms with Crippen LogP contribution in [0.25, 0.3) is 0 Å². The summed E-state index contributed by atoms with van der Waals surface area (Å²) in [5.41, 5.74) is 4.28. The minimum absolute atomic E-state index is 0.282. The third-order valence-electron chi connectivity index (χ3n) is 3.45. The first-order valence-electron chi connectivity index (χ1n) is 6.76. The summed E-state index contributed by atoms with van der Waals surface area (Å²) in [6, 6.07) is 10.8. The highest BCUT2D eigenvalue weighted by molar-refractivity contribution is 5.14. The molecule has 0 amide bonds. The minimum atomic E-state index is 0.282. The standard InChI is InChI=1S/C15H22N4/c1-19-11-10-17-15(19)12-14(18-16)9-5-8-13-6-3-2-4-7-13/h2-4,6-7,10-11,14,18H,5,8-9,12,16H2,1H3. The lowest BCUT2D eigenvalue weighted by Gasteiger charge is -2.15. The zero-order valence-corrected chi connectivity index (χ0v) is 11.4. The number of aromatic nitrogens is 2. The van der Waals surface area contributed by atoms with Crippen molar-refractivity contribution in [2.45, 2.75) is 31.7 Å². The molecule has 1 unspecified atom stereocenters. The predicted molar refractivity (Wildman–Crippen MR) is 77.4 cm³/mol. The molecule has 0 spiro atoms. The van der Waals surface area contributed by atoms with Gasteiger partial charge < -0.3 is 4.57 Å². The molecule has 0 aliphatic rings. The molecule has 2 rings (SSSR count). The van der Waals surface area contributed by atoms with E-state index >= 15 is 0 Å². The smallest absolute Gasteiger partial charge is 0.109 e. The fraction of sp³-hybridized carbons (Fsp3) is 0.400. The number of hydrogen-bond acceptors (Lipinski definition) is 3. The van der Waals surface area contributed by atoms with Gasteiger partial charge in [-0.15, -0.1) is 0 Å². The van der Waals surface area contributed by atoms with Crippen molar-refractivity contribution in [3.8, 4) is 0 Å². The van der Waals surface area contributed by atoms with E-state index < -0.39 is 0 Å². The zero-order chi connectivity index (χ0) is 13.5. The predicted octanol–water partition coefficient (Wildman–Crippen LogP) is 1.82. The van der Waals surface area contributed by atoms with Gasteiger partial charge in [0.15, 0.2) is 0 Å². The van der Waals surface area contributed by atoms with Crippen LogP contribution in [0.15, 0.2) is 42.7 Å². The second-order valence-electron chi connectivity index (χ2n) is 4.90. The van der Waals surface area contributed by atoms with Gasteiger partial charge in [-0.2, -0.15) is 0 Å². The molecule has 2 aromatic rings. The van der Waals surface area contributed by atoms with Crippen LogP contribution in [0.5, 0.6) is 0 Å². The normalized spacial score (nSPS) is 12.5. The lowest BCUT2D eigenvalue weighted by molar-refractivity contribution is 0.463. The quantitative estimate of drug-likeness (QED) is 0.588. The van der Waals surface area contributed by atoms with Crippen LogP contribution in [0.1, 0.15) is 24.2 Å². The molecule has 1 atom stereocenters. The molecule has 0 radical (unpaired) electrons. The number of nitrogens with zero attached hydrogens (tertiary/aromatic N) is 2. The average molecular weight is 258 g/mol. The van der Waals surface area contributed by atoms with Gasteiger partial charge in [0.05, 0.1) is 0 Å². The summed E-state index contributed by atoms with van der Waals surface area (Å²) >= 11 is 0. The Hall–Kier alpha value is -1.65. The summed E-state index contributed by atoms with van der Waals surface area (Å²) in [6.45, 7) is 0. The van der Waals surface area contributed by atoms with Crippen molar-refractivity contribution in [3.05, 3.63) is 54.1 Å². The van der Waals surface area contributed by atoms with E-state index in [2.05, 4.69) is 40.7 Å². The number of hydrogen-bond donors (Lipinski definition) is 2. The van der Waals surface area contributed by atoms with Crippen LogP contribution >= 0.6 is 0 Å². The van der Waals surface area contributed by atoms with Crippen molar-refractivity contribution in [1.82, 2.24) is 15.0 Å². The molecular formula is C15H22N4. The summed E-state index contributed by atoms with van der Waals surface area (Å²) in [6.07, 6.45) is 7.94. The van der Waals surface area contributed by atoms with Crippen molar-refractivity contribution >= 4 is 0 Å². The highest BCUT2D eigenvalue weighted by Crippen LogP contribution is 2.09. The van der Waals surface area contributed by atoms with E-state index in [0.717, 1.165) is 31.5 Å². The van der Waals surface area contributed by atoms with Gasteiger partial charge in [-0.3, -0.25) is 11.3 Å². The van der Waals surface area contributed by atoms with E-state index in [1.165, 1.54) is 5.56 Å². The SMILES string of the molecule is Cn1ccnc1CC(CCCc1ccccc1)NN. The van der Waals surface area contributed by atoms with Gasteiger partial charge in [0.2, 0.25) is 0 Å². The summed E-state index contributed by atoms with van der Waals surface area (Å²) in [7, 11) is 2.01. The maximum absolute atomic E-state index is 5.63. The first-order valence-corrected chi connectivity index (χ1v) is 6.76. The van der Waals surface area contributed by atoms with Crippen molar-refractivity contribution in [3.63, 3.8) is 0 Å². The number of hydrazine groups is 1. The van der Waals surface area contributed by atoms with Crippen molar-refractivity contribution in [2.24, 2.45) is 12.9 Å². The van der Waals surface area contributed by atoms with E-state index in [9.17, 15) is 0 Å². The topological polar surface area (TPSA) is 55.9 Å². The van der Waals surface area contributed by atoms with Crippen molar-refractivity contribution < 1.29 is 0 Å². The molecule has 19 heavy (non-hydrogen) atoms. The molecule has 0 fully saturated rings. The molecule has 4 heteroatoms. The summed E-state index contributed by atoms with van der Waals surface area (Å²) < 4.78 is 2.04. The number of imidazole rings is 1.